The lowest BCUT2D eigenvalue weighted by atomic mass is 9.90. The molecule has 0 aromatic heterocycles. The van der Waals surface area contributed by atoms with Crippen LogP contribution in [0.2, 0.25) is 0 Å². The standard InChI is InChI=1S/C24H24N4O3/c1-4-17(14(2)26)18-9-20-19(10-21(18)30-3)23-22(12-27-20)31-24(29)28(23)13-16-7-5-15(11-25)6-8-16/h4-10,22-23,26-27H,12-13H2,1-3H3/b17-4-,26-14?. The number of hydrogen-bond donors (Lipinski definition) is 2. The zero-order chi connectivity index (χ0) is 22.1. The first-order chi connectivity index (χ1) is 15.0. The van der Waals surface area contributed by atoms with Crippen molar-refractivity contribution >= 4 is 23.1 Å². The van der Waals surface area contributed by atoms with Crippen LogP contribution in [0.3, 0.4) is 0 Å². The number of rotatable bonds is 5. The number of carbonyl (C=O) groups is 1. The van der Waals surface area contributed by atoms with Crippen molar-refractivity contribution in [1.29, 1.82) is 10.7 Å². The molecule has 2 atom stereocenters. The summed E-state index contributed by atoms with van der Waals surface area (Å²) in [6.45, 7) is 4.54. The molecule has 1 saturated heterocycles. The van der Waals surface area contributed by atoms with Crippen molar-refractivity contribution in [2.75, 3.05) is 19.0 Å². The predicted molar refractivity (Wildman–Crippen MR) is 118 cm³/mol. The number of nitrogens with zero attached hydrogens (tertiary/aromatic N) is 2. The maximum Gasteiger partial charge on any atom is 0.411 e. The van der Waals surface area contributed by atoms with Gasteiger partial charge in [-0.2, -0.15) is 5.26 Å². The van der Waals surface area contributed by atoms with Gasteiger partial charge in [-0.05, 0) is 43.7 Å². The quantitative estimate of drug-likeness (QED) is 0.700. The number of fused-ring (bicyclic) bond motifs is 3. The molecule has 0 radical (unpaired) electrons. The lowest BCUT2D eigenvalue weighted by Crippen LogP contribution is -2.36. The normalized spacial score (nSPS) is 19.6. The Morgan fingerprint density at radius 2 is 2.13 bits per heavy atom. The van der Waals surface area contributed by atoms with Crippen LogP contribution in [0.1, 0.15) is 42.1 Å². The molecule has 2 aromatic rings. The third-order valence-electron chi connectivity index (χ3n) is 5.78. The Morgan fingerprint density at radius 1 is 1.39 bits per heavy atom. The van der Waals surface area contributed by atoms with Gasteiger partial charge in [0.1, 0.15) is 17.9 Å². The van der Waals surface area contributed by atoms with Crippen molar-refractivity contribution in [1.82, 2.24) is 4.90 Å². The van der Waals surface area contributed by atoms with E-state index in [1.165, 1.54) is 0 Å². The Morgan fingerprint density at radius 3 is 2.74 bits per heavy atom. The smallest absolute Gasteiger partial charge is 0.411 e. The molecule has 4 rings (SSSR count). The molecular weight excluding hydrogens is 392 g/mol. The molecule has 2 aliphatic rings. The van der Waals surface area contributed by atoms with Crippen LogP contribution in [-0.4, -0.2) is 36.5 Å². The Bertz CT molecular complexity index is 1110. The second kappa shape index (κ2) is 8.15. The highest BCUT2D eigenvalue weighted by Gasteiger charge is 2.46. The van der Waals surface area contributed by atoms with Crippen LogP contribution in [0, 0.1) is 16.7 Å². The fourth-order valence-electron chi connectivity index (χ4n) is 4.30. The number of ether oxygens (including phenoxy) is 2. The van der Waals surface area contributed by atoms with E-state index in [1.54, 1.807) is 31.1 Å². The van der Waals surface area contributed by atoms with E-state index < -0.39 is 0 Å². The number of anilines is 1. The van der Waals surface area contributed by atoms with Gasteiger partial charge in [-0.1, -0.05) is 18.2 Å². The highest BCUT2D eigenvalue weighted by atomic mass is 16.6. The van der Waals surface area contributed by atoms with Gasteiger partial charge in [-0.15, -0.1) is 0 Å². The number of benzene rings is 2. The maximum absolute atomic E-state index is 12.7. The molecular formula is C24H24N4O3. The van der Waals surface area contributed by atoms with E-state index in [9.17, 15) is 4.79 Å². The van der Waals surface area contributed by atoms with Gasteiger partial charge in [0.2, 0.25) is 0 Å². The van der Waals surface area contributed by atoms with Crippen molar-refractivity contribution in [3.8, 4) is 11.8 Å². The Labute approximate surface area is 181 Å². The molecule has 0 saturated carbocycles. The average Bonchev–Trinajstić information content (AvgIpc) is 3.09. The third-order valence-corrected chi connectivity index (χ3v) is 5.78. The summed E-state index contributed by atoms with van der Waals surface area (Å²) in [5.74, 6) is 0.651. The van der Waals surface area contributed by atoms with Gasteiger partial charge in [0.05, 0.1) is 25.3 Å². The fourth-order valence-corrected chi connectivity index (χ4v) is 4.30. The summed E-state index contributed by atoms with van der Waals surface area (Å²) >= 11 is 0. The fraction of sp³-hybridized carbons (Fsp3) is 0.292. The van der Waals surface area contributed by atoms with E-state index in [2.05, 4.69) is 11.4 Å². The number of hydrogen-bond acceptors (Lipinski definition) is 6. The molecule has 2 N–H and O–H groups in total. The van der Waals surface area contributed by atoms with Crippen LogP contribution in [0.4, 0.5) is 10.5 Å². The number of allylic oxidation sites excluding steroid dienone is 2. The van der Waals surface area contributed by atoms with Gasteiger partial charge in [-0.25, -0.2) is 4.79 Å². The number of nitriles is 1. The first-order valence-corrected chi connectivity index (χ1v) is 10.1. The van der Waals surface area contributed by atoms with Crippen LogP contribution in [0.25, 0.3) is 5.57 Å². The second-order valence-electron chi connectivity index (χ2n) is 7.65. The Kier molecular flexibility index (Phi) is 5.38. The summed E-state index contributed by atoms with van der Waals surface area (Å²) in [6, 6.07) is 13.0. The van der Waals surface area contributed by atoms with Gasteiger partial charge in [0.15, 0.2) is 0 Å². The zero-order valence-electron chi connectivity index (χ0n) is 17.7. The maximum atomic E-state index is 12.7. The summed E-state index contributed by atoms with van der Waals surface area (Å²) in [7, 11) is 1.61. The molecule has 7 heteroatoms. The molecule has 0 spiro atoms. The SMILES string of the molecule is C/C=C(/C(C)=N)c1cc2c(cc1OC)C1C(CN2)OC(=O)N1Cc1ccc(C#N)cc1. The number of methoxy groups -OCH3 is 1. The van der Waals surface area contributed by atoms with Crippen LogP contribution in [0.15, 0.2) is 42.5 Å². The lowest BCUT2D eigenvalue weighted by molar-refractivity contribution is 0.133. The highest BCUT2D eigenvalue weighted by Crippen LogP contribution is 2.44. The van der Waals surface area contributed by atoms with Crippen molar-refractivity contribution in [3.05, 3.63) is 64.7 Å². The molecule has 2 unspecified atom stereocenters. The van der Waals surface area contributed by atoms with Gasteiger partial charge in [-0.3, -0.25) is 4.90 Å². The van der Waals surface area contributed by atoms with Crippen LogP contribution >= 0.6 is 0 Å². The van der Waals surface area contributed by atoms with E-state index in [0.717, 1.165) is 28.0 Å². The number of nitrogens with one attached hydrogen (secondary N) is 2. The van der Waals surface area contributed by atoms with Gasteiger partial charge in [0.25, 0.3) is 0 Å². The van der Waals surface area contributed by atoms with E-state index >= 15 is 0 Å². The molecule has 2 aliphatic heterocycles. The van der Waals surface area contributed by atoms with Gasteiger partial charge in [0, 0.05) is 34.6 Å². The van der Waals surface area contributed by atoms with Crippen LogP contribution < -0.4 is 10.1 Å². The topological polar surface area (TPSA) is 98.4 Å². The molecule has 158 valence electrons. The first kappa shape index (κ1) is 20.5. The summed E-state index contributed by atoms with van der Waals surface area (Å²) in [4.78, 5) is 14.4. The van der Waals surface area contributed by atoms with Crippen molar-refractivity contribution in [2.24, 2.45) is 0 Å². The molecule has 0 aliphatic carbocycles. The summed E-state index contributed by atoms with van der Waals surface area (Å²) in [5, 5.41) is 20.5. The van der Waals surface area contributed by atoms with Gasteiger partial charge < -0.3 is 20.2 Å². The first-order valence-electron chi connectivity index (χ1n) is 10.1. The molecule has 31 heavy (non-hydrogen) atoms. The van der Waals surface area contributed by atoms with Crippen molar-refractivity contribution < 1.29 is 14.3 Å². The molecule has 2 aromatic carbocycles. The molecule has 1 amide bonds. The molecule has 7 nitrogen and oxygen atoms in total. The van der Waals surface area contributed by atoms with Crippen molar-refractivity contribution in [3.63, 3.8) is 0 Å². The monoisotopic (exact) mass is 416 g/mol. The highest BCUT2D eigenvalue weighted by molar-refractivity contribution is 6.22. The summed E-state index contributed by atoms with van der Waals surface area (Å²) < 4.78 is 11.3. The largest absolute Gasteiger partial charge is 0.496 e. The average molecular weight is 416 g/mol. The van der Waals surface area contributed by atoms with Gasteiger partial charge >= 0.3 is 6.09 Å². The Hall–Kier alpha value is -3.79. The molecule has 2 heterocycles. The van der Waals surface area contributed by atoms with E-state index in [4.69, 9.17) is 20.1 Å². The lowest BCUT2D eigenvalue weighted by Gasteiger charge is -2.32. The van der Waals surface area contributed by atoms with Crippen molar-refractivity contribution in [2.45, 2.75) is 32.5 Å². The number of amides is 1. The molecule has 0 bridgehead atoms. The molecule has 1 fully saturated rings. The minimum atomic E-state index is -0.360. The van der Waals surface area contributed by atoms with E-state index in [0.29, 0.717) is 30.1 Å². The van der Waals surface area contributed by atoms with E-state index in [1.807, 2.05) is 37.3 Å². The summed E-state index contributed by atoms with van der Waals surface area (Å²) in [6.07, 6.45) is 1.23. The van der Waals surface area contributed by atoms with E-state index in [-0.39, 0.29) is 18.2 Å². The third kappa shape index (κ3) is 3.61. The number of carbonyl (C=O) groups excluding carboxylic acids is 1. The summed E-state index contributed by atoms with van der Waals surface area (Å²) in [5.41, 5.74) is 5.43. The minimum absolute atomic E-state index is 0.252. The van der Waals surface area contributed by atoms with Crippen LogP contribution in [-0.2, 0) is 11.3 Å². The van der Waals surface area contributed by atoms with Crippen LogP contribution in [0.5, 0.6) is 5.75 Å². The second-order valence-corrected chi connectivity index (χ2v) is 7.65. The minimum Gasteiger partial charge on any atom is -0.496 e. The zero-order valence-corrected chi connectivity index (χ0v) is 17.7. The predicted octanol–water partition coefficient (Wildman–Crippen LogP) is 4.50. The Balaban J connectivity index is 1.73.